The summed E-state index contributed by atoms with van der Waals surface area (Å²) in [7, 11) is -2.99. The summed E-state index contributed by atoms with van der Waals surface area (Å²) in [6.07, 6.45) is -1.23. The van der Waals surface area contributed by atoms with Crippen LogP contribution < -0.4 is 5.32 Å². The topological polar surface area (TPSA) is 98.7 Å². The molecule has 144 valence electrons. The third-order valence-corrected chi connectivity index (χ3v) is 6.41. The first-order chi connectivity index (χ1) is 12.5. The van der Waals surface area contributed by atoms with Crippen molar-refractivity contribution in [3.8, 4) is 0 Å². The molecule has 2 aromatic rings. The Labute approximate surface area is 153 Å². The number of amides is 1. The zero-order chi connectivity index (χ0) is 19.6. The van der Waals surface area contributed by atoms with Crippen LogP contribution in [0.1, 0.15) is 47.4 Å². The van der Waals surface area contributed by atoms with E-state index in [1.54, 1.807) is 0 Å². The standard InChI is InChI=1S/C17H17F3N4O2S/c1-27(21,26)10-4-2-3-9(5-10)22-15(25)12-11(14(18)19)13(24-23-12)16-6-17(20,7-16)8-16/h2-5,14,21H,6-8H2,1H3,(H,22,25)(H,23,24). The number of benzene rings is 1. The van der Waals surface area contributed by atoms with Crippen molar-refractivity contribution in [3.05, 3.63) is 41.2 Å². The van der Waals surface area contributed by atoms with E-state index < -0.39 is 38.7 Å². The fourth-order valence-electron chi connectivity index (χ4n) is 4.07. The van der Waals surface area contributed by atoms with Crippen molar-refractivity contribution in [1.82, 2.24) is 10.2 Å². The summed E-state index contributed by atoms with van der Waals surface area (Å²) in [5.74, 6) is -0.824. The number of carbonyl (C=O) groups excluding carboxylic acids is 1. The largest absolute Gasteiger partial charge is 0.321 e. The quantitative estimate of drug-likeness (QED) is 0.715. The average molecular weight is 398 g/mol. The molecule has 2 bridgehead atoms. The van der Waals surface area contributed by atoms with E-state index in [9.17, 15) is 22.2 Å². The molecular weight excluding hydrogens is 381 g/mol. The molecule has 6 nitrogen and oxygen atoms in total. The van der Waals surface area contributed by atoms with Crippen molar-refractivity contribution in [2.75, 3.05) is 11.6 Å². The number of hydrogen-bond donors (Lipinski definition) is 3. The molecule has 1 aromatic carbocycles. The highest BCUT2D eigenvalue weighted by Gasteiger charge is 2.71. The maximum Gasteiger partial charge on any atom is 0.274 e. The lowest BCUT2D eigenvalue weighted by Gasteiger charge is -2.65. The van der Waals surface area contributed by atoms with Gasteiger partial charge in [0.05, 0.1) is 21.0 Å². The van der Waals surface area contributed by atoms with Gasteiger partial charge in [0.25, 0.3) is 12.3 Å². The molecule has 3 N–H and O–H groups in total. The number of carbonyl (C=O) groups is 1. The summed E-state index contributed by atoms with van der Waals surface area (Å²) in [5.41, 5.74) is -2.54. The fourth-order valence-corrected chi connectivity index (χ4v) is 4.76. The van der Waals surface area contributed by atoms with E-state index in [1.807, 2.05) is 0 Å². The molecule has 3 fully saturated rings. The molecule has 1 unspecified atom stereocenters. The second-order valence-electron chi connectivity index (χ2n) is 7.45. The van der Waals surface area contributed by atoms with E-state index in [0.717, 1.165) is 0 Å². The van der Waals surface area contributed by atoms with Gasteiger partial charge in [0.15, 0.2) is 0 Å². The molecule has 0 radical (unpaired) electrons. The van der Waals surface area contributed by atoms with Crippen molar-refractivity contribution in [3.63, 3.8) is 0 Å². The molecule has 3 saturated carbocycles. The van der Waals surface area contributed by atoms with Crippen LogP contribution in [0.15, 0.2) is 29.2 Å². The van der Waals surface area contributed by atoms with Gasteiger partial charge in [0.2, 0.25) is 0 Å². The van der Waals surface area contributed by atoms with E-state index in [-0.39, 0.29) is 41.2 Å². The Morgan fingerprint density at radius 3 is 2.59 bits per heavy atom. The summed E-state index contributed by atoms with van der Waals surface area (Å²) >= 11 is 0. The van der Waals surface area contributed by atoms with Crippen LogP contribution in [0.2, 0.25) is 0 Å². The Hall–Kier alpha value is -2.36. The van der Waals surface area contributed by atoms with Crippen LogP contribution in [0, 0.1) is 4.78 Å². The van der Waals surface area contributed by atoms with Gasteiger partial charge in [-0.3, -0.25) is 9.89 Å². The van der Waals surface area contributed by atoms with Gasteiger partial charge >= 0.3 is 0 Å². The first-order valence-electron chi connectivity index (χ1n) is 8.24. The molecule has 0 saturated heterocycles. The maximum absolute atomic E-state index is 13.8. The molecule has 27 heavy (non-hydrogen) atoms. The molecule has 0 aliphatic heterocycles. The van der Waals surface area contributed by atoms with Crippen LogP contribution in [-0.4, -0.2) is 32.2 Å². The minimum absolute atomic E-state index is 0.0682. The maximum atomic E-state index is 13.8. The summed E-state index contributed by atoms with van der Waals surface area (Å²) in [5, 5.41) is 8.75. The van der Waals surface area contributed by atoms with E-state index in [0.29, 0.717) is 0 Å². The van der Waals surface area contributed by atoms with Crippen LogP contribution in [0.3, 0.4) is 0 Å². The molecule has 3 aliphatic rings. The number of alkyl halides is 3. The van der Waals surface area contributed by atoms with Gasteiger partial charge in [0.1, 0.15) is 11.4 Å². The smallest absolute Gasteiger partial charge is 0.274 e. The predicted molar refractivity (Wildman–Crippen MR) is 92.4 cm³/mol. The number of halogens is 3. The van der Waals surface area contributed by atoms with Crippen molar-refractivity contribution in [1.29, 1.82) is 4.78 Å². The number of rotatable bonds is 5. The van der Waals surface area contributed by atoms with Gasteiger partial charge in [-0.25, -0.2) is 22.2 Å². The highest BCUT2D eigenvalue weighted by Crippen LogP contribution is 2.70. The van der Waals surface area contributed by atoms with E-state index in [2.05, 4.69) is 15.5 Å². The second kappa shape index (κ2) is 5.57. The third-order valence-electron chi connectivity index (χ3n) is 5.26. The normalized spacial score (nSPS) is 28.2. The van der Waals surface area contributed by atoms with Gasteiger partial charge in [-0.15, -0.1) is 0 Å². The summed E-state index contributed by atoms with van der Waals surface area (Å²) in [6.45, 7) is 0. The monoisotopic (exact) mass is 398 g/mol. The first-order valence-corrected chi connectivity index (χ1v) is 10.2. The molecule has 5 rings (SSSR count). The summed E-state index contributed by atoms with van der Waals surface area (Å²) in [4.78, 5) is 12.7. The molecule has 3 aliphatic carbocycles. The lowest BCUT2D eigenvalue weighted by atomic mass is 9.41. The van der Waals surface area contributed by atoms with E-state index in [4.69, 9.17) is 4.78 Å². The molecule has 1 amide bonds. The first kappa shape index (κ1) is 18.0. The highest BCUT2D eigenvalue weighted by atomic mass is 32.2. The van der Waals surface area contributed by atoms with Crippen molar-refractivity contribution < 1.29 is 22.2 Å². The van der Waals surface area contributed by atoms with Gasteiger partial charge in [-0.1, -0.05) is 6.07 Å². The Kier molecular flexibility index (Phi) is 3.72. The number of hydrogen-bond acceptors (Lipinski definition) is 4. The van der Waals surface area contributed by atoms with Crippen LogP contribution in [-0.2, 0) is 15.1 Å². The molecule has 10 heteroatoms. The molecule has 1 atom stereocenters. The Bertz CT molecular complexity index is 1030. The van der Waals surface area contributed by atoms with Gasteiger partial charge in [-0.05, 0) is 37.5 Å². The minimum Gasteiger partial charge on any atom is -0.321 e. The van der Waals surface area contributed by atoms with Crippen molar-refractivity contribution >= 4 is 21.3 Å². The van der Waals surface area contributed by atoms with Gasteiger partial charge in [0, 0.05) is 22.3 Å². The summed E-state index contributed by atoms with van der Waals surface area (Å²) < 4.78 is 60.5. The second-order valence-corrected chi connectivity index (χ2v) is 9.61. The lowest BCUT2D eigenvalue weighted by molar-refractivity contribution is -0.161. The minimum atomic E-state index is -2.99. The SMILES string of the molecule is CS(=N)(=O)c1cccc(NC(=O)c2[nH]nc(C34CC(F)(C3)C4)c2C(F)F)c1. The number of aromatic amines is 1. The number of H-pyrrole nitrogens is 1. The van der Waals surface area contributed by atoms with Crippen LogP contribution in [0.4, 0.5) is 18.9 Å². The Balaban J connectivity index is 1.62. The van der Waals surface area contributed by atoms with E-state index >= 15 is 0 Å². The lowest BCUT2D eigenvalue weighted by Crippen LogP contribution is -2.67. The molecule has 0 spiro atoms. The van der Waals surface area contributed by atoms with Crippen molar-refractivity contribution in [2.45, 2.75) is 41.7 Å². The Morgan fingerprint density at radius 1 is 1.37 bits per heavy atom. The van der Waals surface area contributed by atoms with Gasteiger partial charge < -0.3 is 5.32 Å². The zero-order valence-corrected chi connectivity index (χ0v) is 15.1. The molecular formula is C17H17F3N4O2S. The number of nitrogens with one attached hydrogen (secondary N) is 3. The van der Waals surface area contributed by atoms with Crippen molar-refractivity contribution in [2.24, 2.45) is 0 Å². The van der Waals surface area contributed by atoms with E-state index in [1.165, 1.54) is 30.5 Å². The predicted octanol–water partition coefficient (Wildman–Crippen LogP) is 3.78. The number of aromatic nitrogens is 2. The van der Waals surface area contributed by atoms with Crippen LogP contribution in [0.25, 0.3) is 0 Å². The third kappa shape index (κ3) is 2.82. The summed E-state index contributed by atoms with van der Waals surface area (Å²) in [6, 6.07) is 5.86. The van der Waals surface area contributed by atoms with Crippen LogP contribution >= 0.6 is 0 Å². The number of nitrogens with zero attached hydrogens (tertiary/aromatic N) is 1. The number of anilines is 1. The fraction of sp³-hybridized carbons (Fsp3) is 0.412. The Morgan fingerprint density at radius 2 is 2.04 bits per heavy atom. The van der Waals surface area contributed by atoms with Crippen LogP contribution in [0.5, 0.6) is 0 Å². The zero-order valence-electron chi connectivity index (χ0n) is 14.3. The highest BCUT2D eigenvalue weighted by molar-refractivity contribution is 7.91. The molecule has 1 heterocycles. The average Bonchev–Trinajstić information content (AvgIpc) is 2.95. The molecule has 1 aromatic heterocycles. The van der Waals surface area contributed by atoms with Gasteiger partial charge in [-0.2, -0.15) is 5.10 Å².